The maximum Gasteiger partial charge on any atom is 0.308 e. The summed E-state index contributed by atoms with van der Waals surface area (Å²) in [7, 11) is -3.57. The second kappa shape index (κ2) is 7.99. The van der Waals surface area contributed by atoms with E-state index in [0.717, 1.165) is 29.7 Å². The van der Waals surface area contributed by atoms with Crippen LogP contribution in [0.2, 0.25) is 0 Å². The average molecular weight is 385 g/mol. The summed E-state index contributed by atoms with van der Waals surface area (Å²) in [6.07, 6.45) is 5.69. The van der Waals surface area contributed by atoms with Gasteiger partial charge in [-0.1, -0.05) is 24.2 Å². The first-order chi connectivity index (χ1) is 12.0. The third-order valence-corrected chi connectivity index (χ3v) is 6.94. The van der Waals surface area contributed by atoms with Crippen LogP contribution in [0.25, 0.3) is 10.2 Å². The maximum atomic E-state index is 12.4. The number of aryl methyl sites for hydroxylation is 1. The first-order valence-corrected chi connectivity index (χ1v) is 11.1. The van der Waals surface area contributed by atoms with E-state index in [9.17, 15) is 13.2 Å². The molecule has 1 aliphatic carbocycles. The molecule has 1 N–H and O–H groups in total. The van der Waals surface area contributed by atoms with E-state index >= 15 is 0 Å². The predicted molar refractivity (Wildman–Crippen MR) is 99.8 cm³/mol. The van der Waals surface area contributed by atoms with Gasteiger partial charge in [0.1, 0.15) is 0 Å². The lowest BCUT2D eigenvalue weighted by molar-refractivity contribution is 0.0575. The molecule has 1 aliphatic rings. The van der Waals surface area contributed by atoms with Gasteiger partial charge in [-0.15, -0.1) is 0 Å². The van der Waals surface area contributed by atoms with Crippen LogP contribution in [-0.2, 0) is 21.3 Å². The quantitative estimate of drug-likeness (QED) is 0.710. The number of thiazole rings is 1. The summed E-state index contributed by atoms with van der Waals surface area (Å²) in [4.78, 5) is 12.0. The zero-order valence-corrected chi connectivity index (χ0v) is 16.0. The molecule has 8 heteroatoms. The molecule has 0 atom stereocenters. The van der Waals surface area contributed by atoms with Crippen LogP contribution < -0.4 is 9.60 Å². The number of ether oxygens (including phenoxy) is 1. The summed E-state index contributed by atoms with van der Waals surface area (Å²) in [5, 5.41) is 0. The van der Waals surface area contributed by atoms with Crippen molar-refractivity contribution < 1.29 is 13.2 Å². The molecule has 0 saturated heterocycles. The highest BCUT2D eigenvalue weighted by molar-refractivity contribution is 7.89. The van der Waals surface area contributed by atoms with Gasteiger partial charge in [0, 0.05) is 19.7 Å². The summed E-state index contributed by atoms with van der Waals surface area (Å²) >= 11 is 1.07. The summed E-state index contributed by atoms with van der Waals surface area (Å²) in [6, 6.07) is 4.83. The summed E-state index contributed by atoms with van der Waals surface area (Å²) < 4.78 is 35.5. The van der Waals surface area contributed by atoms with Gasteiger partial charge < -0.3 is 4.74 Å². The van der Waals surface area contributed by atoms with Crippen LogP contribution in [0.4, 0.5) is 0 Å². The number of aromatic nitrogens is 1. The lowest BCUT2D eigenvalue weighted by Crippen LogP contribution is -2.26. The van der Waals surface area contributed by atoms with Crippen molar-refractivity contribution in [1.29, 1.82) is 0 Å². The smallest absolute Gasteiger partial charge is 0.308 e. The molecule has 1 saturated carbocycles. The van der Waals surface area contributed by atoms with E-state index in [-0.39, 0.29) is 9.77 Å². The molecule has 6 nitrogen and oxygen atoms in total. The molecule has 1 heterocycles. The number of fused-ring (bicyclic) bond motifs is 1. The van der Waals surface area contributed by atoms with Crippen molar-refractivity contribution in [3.63, 3.8) is 0 Å². The lowest BCUT2D eigenvalue weighted by Gasteiger charge is -2.11. The van der Waals surface area contributed by atoms with Crippen molar-refractivity contribution in [3.8, 4) is 0 Å². The minimum absolute atomic E-state index is 0.0657. The Morgan fingerprint density at radius 1 is 1.32 bits per heavy atom. The lowest BCUT2D eigenvalue weighted by atomic mass is 10.3. The fourth-order valence-corrected chi connectivity index (χ4v) is 5.35. The largest absolute Gasteiger partial charge is 0.378 e. The number of rotatable bonds is 8. The van der Waals surface area contributed by atoms with Crippen molar-refractivity contribution in [2.24, 2.45) is 0 Å². The molecule has 0 amide bonds. The highest BCUT2D eigenvalue weighted by Gasteiger charge is 2.17. The molecule has 2 aromatic rings. The number of hydrogen-bond donors (Lipinski definition) is 1. The van der Waals surface area contributed by atoms with Crippen molar-refractivity contribution in [1.82, 2.24) is 9.29 Å². The second-order valence-corrected chi connectivity index (χ2v) is 9.03. The Morgan fingerprint density at radius 3 is 2.80 bits per heavy atom. The summed E-state index contributed by atoms with van der Waals surface area (Å²) in [5.74, 6) is 0. The number of nitrogens with one attached hydrogen (secondary N) is 1. The molecule has 0 radical (unpaired) electrons. The van der Waals surface area contributed by atoms with Gasteiger partial charge in [0.2, 0.25) is 10.0 Å². The van der Waals surface area contributed by atoms with Crippen molar-refractivity contribution in [3.05, 3.63) is 27.9 Å². The van der Waals surface area contributed by atoms with E-state index in [1.165, 1.54) is 12.8 Å². The molecule has 3 rings (SSSR count). The fraction of sp³-hybridized carbons (Fsp3) is 0.588. The van der Waals surface area contributed by atoms with Crippen LogP contribution in [0.5, 0.6) is 0 Å². The van der Waals surface area contributed by atoms with Gasteiger partial charge in [0.05, 0.1) is 21.2 Å². The predicted octanol–water partition coefficient (Wildman–Crippen LogP) is 2.71. The van der Waals surface area contributed by atoms with Crippen LogP contribution >= 0.6 is 11.3 Å². The highest BCUT2D eigenvalue weighted by Crippen LogP contribution is 2.22. The molecule has 1 aromatic carbocycles. The second-order valence-electron chi connectivity index (χ2n) is 6.27. The molecular formula is C17H24N2O4S2. The van der Waals surface area contributed by atoms with Gasteiger partial charge in [-0.2, -0.15) is 0 Å². The molecule has 138 valence electrons. The minimum Gasteiger partial charge on any atom is -0.378 e. The normalized spacial score (nSPS) is 16.0. The van der Waals surface area contributed by atoms with E-state index < -0.39 is 10.0 Å². The van der Waals surface area contributed by atoms with E-state index in [4.69, 9.17) is 4.74 Å². The summed E-state index contributed by atoms with van der Waals surface area (Å²) in [5.41, 5.74) is 0.779. The van der Waals surface area contributed by atoms with E-state index in [2.05, 4.69) is 4.72 Å². The Kier molecular flexibility index (Phi) is 5.93. The zero-order valence-electron chi connectivity index (χ0n) is 14.4. The molecule has 1 aromatic heterocycles. The number of sulfonamides is 1. The van der Waals surface area contributed by atoms with Crippen LogP contribution in [-0.4, -0.2) is 32.2 Å². The fourth-order valence-electron chi connectivity index (χ4n) is 3.18. The van der Waals surface area contributed by atoms with Crippen molar-refractivity contribution in [2.75, 3.05) is 13.2 Å². The SMILES string of the molecule is CCn1c(=O)sc2cc(S(=O)(=O)NCCCOC3CCCC3)ccc21. The highest BCUT2D eigenvalue weighted by atomic mass is 32.2. The molecule has 0 bridgehead atoms. The Balaban J connectivity index is 1.59. The molecule has 0 unspecified atom stereocenters. The zero-order chi connectivity index (χ0) is 17.9. The van der Waals surface area contributed by atoms with E-state index in [1.807, 2.05) is 6.92 Å². The molecule has 0 aliphatic heterocycles. The maximum absolute atomic E-state index is 12.4. The molecule has 1 fully saturated rings. The van der Waals surface area contributed by atoms with Crippen LogP contribution in [0.15, 0.2) is 27.9 Å². The number of nitrogens with zero attached hydrogens (tertiary/aromatic N) is 1. The Labute approximate surface area is 151 Å². The molecular weight excluding hydrogens is 360 g/mol. The van der Waals surface area contributed by atoms with E-state index in [0.29, 0.717) is 36.9 Å². The number of hydrogen-bond acceptors (Lipinski definition) is 5. The molecule has 25 heavy (non-hydrogen) atoms. The van der Waals surface area contributed by atoms with Gasteiger partial charge in [0.15, 0.2) is 0 Å². The van der Waals surface area contributed by atoms with Gasteiger partial charge in [-0.25, -0.2) is 13.1 Å². The van der Waals surface area contributed by atoms with Gasteiger partial charge in [-0.3, -0.25) is 9.36 Å². The Morgan fingerprint density at radius 2 is 2.08 bits per heavy atom. The standard InChI is InChI=1S/C17H24N2O4S2/c1-2-19-15-9-8-14(12-16(15)24-17(19)20)25(21,22)18-10-5-11-23-13-6-3-4-7-13/h8-9,12-13,18H,2-7,10-11H2,1H3. The first kappa shape index (κ1) is 18.6. The summed E-state index contributed by atoms with van der Waals surface area (Å²) in [6.45, 7) is 3.39. The van der Waals surface area contributed by atoms with Gasteiger partial charge in [-0.05, 0) is 44.4 Å². The van der Waals surface area contributed by atoms with E-state index in [1.54, 1.807) is 22.8 Å². The van der Waals surface area contributed by atoms with Crippen LogP contribution in [0.1, 0.15) is 39.0 Å². The van der Waals surface area contributed by atoms with Gasteiger partial charge in [0.25, 0.3) is 0 Å². The van der Waals surface area contributed by atoms with Crippen LogP contribution in [0.3, 0.4) is 0 Å². The Bertz CT molecular complexity index is 880. The molecule has 0 spiro atoms. The van der Waals surface area contributed by atoms with Crippen molar-refractivity contribution >= 4 is 31.6 Å². The average Bonchev–Trinajstić information content (AvgIpc) is 3.20. The van der Waals surface area contributed by atoms with Gasteiger partial charge >= 0.3 is 4.87 Å². The third kappa shape index (κ3) is 4.31. The Hall–Kier alpha value is -1.22. The van der Waals surface area contributed by atoms with Crippen molar-refractivity contribution in [2.45, 2.75) is 56.6 Å². The minimum atomic E-state index is -3.57. The number of benzene rings is 1. The van der Waals surface area contributed by atoms with Crippen LogP contribution in [0, 0.1) is 0 Å². The first-order valence-electron chi connectivity index (χ1n) is 8.76. The monoisotopic (exact) mass is 384 g/mol. The topological polar surface area (TPSA) is 77.4 Å². The third-order valence-electron chi connectivity index (χ3n) is 4.54.